The number of primary amides is 1. The summed E-state index contributed by atoms with van der Waals surface area (Å²) in [6.45, 7) is 11.5. The monoisotopic (exact) mass is 725 g/mol. The van der Waals surface area contributed by atoms with E-state index in [1.807, 2.05) is 13.8 Å². The first-order valence-electron chi connectivity index (χ1n) is 16.6. The highest BCUT2D eigenvalue weighted by atomic mass is 16.7. The molecular formula is C33H51N5O13. The number of hydrogen-bond acceptors (Lipinski definition) is 13. The van der Waals surface area contributed by atoms with Crippen molar-refractivity contribution in [2.24, 2.45) is 17.6 Å². The Labute approximate surface area is 295 Å². The van der Waals surface area contributed by atoms with Crippen LogP contribution < -0.4 is 31.7 Å². The van der Waals surface area contributed by atoms with Crippen LogP contribution in [-0.2, 0) is 44.8 Å². The lowest BCUT2D eigenvalue weighted by Crippen LogP contribution is -2.61. The number of amides is 4. The zero-order valence-corrected chi connectivity index (χ0v) is 29.7. The molecule has 1 aliphatic rings. The van der Waals surface area contributed by atoms with Gasteiger partial charge in [-0.3, -0.25) is 24.0 Å². The number of nitrogens with one attached hydrogen (secondary N) is 4. The van der Waals surface area contributed by atoms with Crippen molar-refractivity contribution in [1.29, 1.82) is 0 Å². The Bertz CT molecular complexity index is 1400. The molecule has 0 unspecified atom stereocenters. The highest BCUT2D eigenvalue weighted by Crippen LogP contribution is 2.31. The van der Waals surface area contributed by atoms with Gasteiger partial charge < -0.3 is 61.6 Å². The summed E-state index contributed by atoms with van der Waals surface area (Å²) in [6.07, 6.45) is -9.62. The van der Waals surface area contributed by atoms with Crippen molar-refractivity contribution in [3.8, 4) is 5.75 Å². The van der Waals surface area contributed by atoms with Crippen molar-refractivity contribution in [2.75, 3.05) is 5.32 Å². The van der Waals surface area contributed by atoms with E-state index in [9.17, 15) is 49.2 Å². The smallest absolute Gasteiger partial charge is 0.335 e. The van der Waals surface area contributed by atoms with E-state index >= 15 is 0 Å². The SMILES string of the molecule is CC(C)N[C@@H](CCC(N)=O)C(=O)N[C@H](C(=O)N[C@@H](C)C(=O)Nc1ccc(COC(=O)C(C)C)cc1O[C@@H]1O[C@H](C(=O)O)[C@@H](O)[C@H](O)[C@H]1O)C(C)C. The molecule has 8 atom stereocenters. The van der Waals surface area contributed by atoms with Gasteiger partial charge in [-0.2, -0.15) is 0 Å². The predicted molar refractivity (Wildman–Crippen MR) is 180 cm³/mol. The van der Waals surface area contributed by atoms with Gasteiger partial charge in [0.1, 0.15) is 42.8 Å². The molecule has 0 aromatic heterocycles. The summed E-state index contributed by atoms with van der Waals surface area (Å²) in [5, 5.41) is 51.1. The first kappa shape index (κ1) is 42.8. The Balaban J connectivity index is 2.28. The van der Waals surface area contributed by atoms with Gasteiger partial charge in [-0.1, -0.05) is 47.6 Å². The van der Waals surface area contributed by atoms with E-state index in [1.54, 1.807) is 27.7 Å². The summed E-state index contributed by atoms with van der Waals surface area (Å²) in [6, 6.07) is 0.966. The predicted octanol–water partition coefficient (Wildman–Crippen LogP) is -1.13. The number of aliphatic hydroxyl groups excluding tert-OH is 3. The quantitative estimate of drug-likeness (QED) is 0.0811. The largest absolute Gasteiger partial charge is 0.479 e. The average Bonchev–Trinajstić information content (AvgIpc) is 3.04. The zero-order chi connectivity index (χ0) is 38.7. The Morgan fingerprint density at radius 3 is 2.08 bits per heavy atom. The third-order valence-corrected chi connectivity index (χ3v) is 7.74. The lowest BCUT2D eigenvalue weighted by molar-refractivity contribution is -0.271. The van der Waals surface area contributed by atoms with Crippen molar-refractivity contribution in [2.45, 2.75) is 123 Å². The average molecular weight is 726 g/mol. The molecule has 0 aliphatic carbocycles. The maximum atomic E-state index is 13.3. The summed E-state index contributed by atoms with van der Waals surface area (Å²) in [7, 11) is 0. The summed E-state index contributed by atoms with van der Waals surface area (Å²) >= 11 is 0. The minimum Gasteiger partial charge on any atom is -0.479 e. The van der Waals surface area contributed by atoms with Crippen LogP contribution in [0.25, 0.3) is 0 Å². The molecule has 10 N–H and O–H groups in total. The van der Waals surface area contributed by atoms with Gasteiger partial charge in [-0.15, -0.1) is 0 Å². The third-order valence-electron chi connectivity index (χ3n) is 7.74. The summed E-state index contributed by atoms with van der Waals surface area (Å²) in [5.41, 5.74) is 5.56. The fraction of sp³-hybridized carbons (Fsp3) is 0.636. The van der Waals surface area contributed by atoms with Gasteiger partial charge in [0.15, 0.2) is 6.10 Å². The molecule has 4 amide bonds. The number of anilines is 1. The number of carbonyl (C=O) groups is 6. The van der Waals surface area contributed by atoms with E-state index in [-0.39, 0.29) is 36.9 Å². The van der Waals surface area contributed by atoms with Crippen LogP contribution in [0.1, 0.15) is 66.9 Å². The molecule has 18 nitrogen and oxygen atoms in total. The van der Waals surface area contributed by atoms with E-state index in [0.29, 0.717) is 5.56 Å². The highest BCUT2D eigenvalue weighted by molar-refractivity contribution is 5.99. The number of aliphatic carboxylic acids is 1. The molecule has 1 fully saturated rings. The van der Waals surface area contributed by atoms with Crippen molar-refractivity contribution >= 4 is 41.3 Å². The van der Waals surface area contributed by atoms with Crippen LogP contribution in [0.15, 0.2) is 18.2 Å². The molecule has 1 aromatic rings. The Morgan fingerprint density at radius 2 is 1.53 bits per heavy atom. The van der Waals surface area contributed by atoms with E-state index in [2.05, 4.69) is 21.3 Å². The molecule has 0 radical (unpaired) electrons. The first-order valence-corrected chi connectivity index (χ1v) is 16.6. The second kappa shape index (κ2) is 19.3. The van der Waals surface area contributed by atoms with Gasteiger partial charge in [0.25, 0.3) is 0 Å². The number of carbonyl (C=O) groups excluding carboxylic acids is 5. The van der Waals surface area contributed by atoms with Crippen LogP contribution in [0.3, 0.4) is 0 Å². The zero-order valence-electron chi connectivity index (χ0n) is 29.7. The number of benzene rings is 1. The van der Waals surface area contributed by atoms with Gasteiger partial charge in [-0.05, 0) is 37.0 Å². The number of carboxylic acids is 1. The molecule has 0 bridgehead atoms. The van der Waals surface area contributed by atoms with E-state index < -0.39 is 96.2 Å². The molecule has 1 heterocycles. The fourth-order valence-corrected chi connectivity index (χ4v) is 4.83. The van der Waals surface area contributed by atoms with Gasteiger partial charge in [0, 0.05) is 12.5 Å². The number of ether oxygens (including phenoxy) is 3. The van der Waals surface area contributed by atoms with Crippen LogP contribution >= 0.6 is 0 Å². The molecule has 0 saturated carbocycles. The number of rotatable bonds is 18. The second-order valence-corrected chi connectivity index (χ2v) is 13.3. The fourth-order valence-electron chi connectivity index (χ4n) is 4.83. The standard InChI is InChI=1S/C33H51N5O13/c1-14(2)23(38-29(44)20(35-16(5)6)10-11-22(34)39)30(45)36-17(7)28(43)37-19-9-8-18(13-49-32(48)15(3)4)12-21(19)50-33-26(42)24(40)25(41)27(51-33)31(46)47/h8-9,12,14-17,20,23-27,33,35,40-42H,10-11,13H2,1-7H3,(H2,34,39)(H,36,45)(H,37,43)(H,38,44)(H,46,47)/t17-,20-,23-,24-,25-,26+,27-,33+/m0/s1. The number of aliphatic hydroxyl groups is 3. The first-order chi connectivity index (χ1) is 23.7. The minimum atomic E-state index is -1.98. The van der Waals surface area contributed by atoms with E-state index in [1.165, 1.54) is 25.1 Å². The maximum absolute atomic E-state index is 13.3. The van der Waals surface area contributed by atoms with Crippen LogP contribution in [0.2, 0.25) is 0 Å². The number of nitrogens with two attached hydrogens (primary N) is 1. The number of hydrogen-bond donors (Lipinski definition) is 9. The van der Waals surface area contributed by atoms with Crippen molar-refractivity contribution in [3.05, 3.63) is 23.8 Å². The minimum absolute atomic E-state index is 0.0471. The topological polar surface area (TPSA) is 285 Å². The van der Waals surface area contributed by atoms with E-state index in [4.69, 9.17) is 19.9 Å². The summed E-state index contributed by atoms with van der Waals surface area (Å²) < 4.78 is 16.2. The molecule has 1 aliphatic heterocycles. The van der Waals surface area contributed by atoms with Gasteiger partial charge in [-0.25, -0.2) is 4.79 Å². The summed E-state index contributed by atoms with van der Waals surface area (Å²) in [4.78, 5) is 74.8. The molecular weight excluding hydrogens is 674 g/mol. The Kier molecular flexibility index (Phi) is 16.2. The Hall–Kier alpha value is -4.36. The van der Waals surface area contributed by atoms with Crippen LogP contribution in [0, 0.1) is 11.8 Å². The lowest BCUT2D eigenvalue weighted by Gasteiger charge is -2.38. The number of esters is 1. The van der Waals surface area contributed by atoms with Gasteiger partial charge >= 0.3 is 11.9 Å². The second-order valence-electron chi connectivity index (χ2n) is 13.3. The van der Waals surface area contributed by atoms with Crippen LogP contribution in [-0.4, -0.2) is 111 Å². The Morgan fingerprint density at radius 1 is 0.882 bits per heavy atom. The van der Waals surface area contributed by atoms with E-state index in [0.717, 1.165) is 0 Å². The van der Waals surface area contributed by atoms with Gasteiger partial charge in [0.05, 0.1) is 17.6 Å². The summed E-state index contributed by atoms with van der Waals surface area (Å²) in [5.74, 6) is -5.74. The highest BCUT2D eigenvalue weighted by Gasteiger charge is 2.48. The molecule has 18 heteroatoms. The lowest BCUT2D eigenvalue weighted by atomic mass is 9.99. The molecule has 1 saturated heterocycles. The number of carboxylic acid groups (broad SMARTS) is 1. The van der Waals surface area contributed by atoms with Crippen molar-refractivity contribution in [1.82, 2.24) is 16.0 Å². The molecule has 286 valence electrons. The third kappa shape index (κ3) is 12.7. The normalized spacial score (nSPS) is 22.1. The molecule has 2 rings (SSSR count). The molecule has 51 heavy (non-hydrogen) atoms. The van der Waals surface area contributed by atoms with Crippen molar-refractivity contribution < 1.29 is 63.4 Å². The van der Waals surface area contributed by atoms with Crippen LogP contribution in [0.4, 0.5) is 5.69 Å². The maximum Gasteiger partial charge on any atom is 0.335 e. The van der Waals surface area contributed by atoms with Crippen molar-refractivity contribution in [3.63, 3.8) is 0 Å². The van der Waals surface area contributed by atoms with Gasteiger partial charge in [0.2, 0.25) is 29.9 Å². The van der Waals surface area contributed by atoms with Crippen LogP contribution in [0.5, 0.6) is 5.75 Å². The molecule has 0 spiro atoms. The molecule has 1 aromatic carbocycles.